The zero-order valence-corrected chi connectivity index (χ0v) is 11.4. The van der Waals surface area contributed by atoms with Gasteiger partial charge in [0.25, 0.3) is 0 Å². The van der Waals surface area contributed by atoms with Crippen molar-refractivity contribution in [2.75, 3.05) is 20.2 Å². The van der Waals surface area contributed by atoms with E-state index in [0.29, 0.717) is 0 Å². The summed E-state index contributed by atoms with van der Waals surface area (Å²) in [5.74, 6) is -0.0477. The molecule has 0 N–H and O–H groups in total. The Morgan fingerprint density at radius 3 is 2.65 bits per heavy atom. The van der Waals surface area contributed by atoms with Crippen LogP contribution in [0.15, 0.2) is 0 Å². The average molecular weight is 241 g/mol. The van der Waals surface area contributed by atoms with E-state index in [2.05, 4.69) is 11.8 Å². The molecule has 3 nitrogen and oxygen atoms in total. The molecule has 1 aliphatic heterocycles. The number of hydrogen-bond acceptors (Lipinski definition) is 3. The lowest BCUT2D eigenvalue weighted by Crippen LogP contribution is -2.37. The molecule has 0 aromatic rings. The van der Waals surface area contributed by atoms with Crippen LogP contribution in [0.2, 0.25) is 0 Å². The van der Waals surface area contributed by atoms with Crippen LogP contribution < -0.4 is 0 Å². The molecule has 1 rings (SSSR count). The second-order valence-electron chi connectivity index (χ2n) is 4.98. The number of likely N-dealkylation sites (tertiary alicyclic amines) is 1. The normalized spacial score (nSPS) is 20.7. The highest BCUT2D eigenvalue weighted by molar-refractivity contribution is 5.75. The molecule has 0 bridgehead atoms. The average Bonchev–Trinajstić information content (AvgIpc) is 2.81. The third-order valence-corrected chi connectivity index (χ3v) is 3.64. The summed E-state index contributed by atoms with van der Waals surface area (Å²) in [7, 11) is 1.49. The van der Waals surface area contributed by atoms with E-state index in [1.807, 2.05) is 0 Å². The Bertz CT molecular complexity index is 218. The van der Waals surface area contributed by atoms with Crippen LogP contribution in [0.3, 0.4) is 0 Å². The maximum Gasteiger partial charge on any atom is 0.323 e. The van der Waals surface area contributed by atoms with Crippen LogP contribution >= 0.6 is 0 Å². The number of carbonyl (C=O) groups excluding carboxylic acids is 1. The van der Waals surface area contributed by atoms with Gasteiger partial charge in [-0.25, -0.2) is 0 Å². The highest BCUT2D eigenvalue weighted by Crippen LogP contribution is 2.19. The molecule has 17 heavy (non-hydrogen) atoms. The summed E-state index contributed by atoms with van der Waals surface area (Å²) in [5.41, 5.74) is 0. The van der Waals surface area contributed by atoms with Gasteiger partial charge in [-0.2, -0.15) is 0 Å². The van der Waals surface area contributed by atoms with Gasteiger partial charge in [-0.1, -0.05) is 39.0 Å². The molecule has 0 amide bonds. The number of esters is 1. The first-order valence-corrected chi connectivity index (χ1v) is 7.11. The predicted octanol–water partition coefficient (Wildman–Crippen LogP) is 2.98. The summed E-state index contributed by atoms with van der Waals surface area (Å²) in [4.78, 5) is 13.8. The molecule has 0 spiro atoms. The van der Waals surface area contributed by atoms with Crippen molar-refractivity contribution in [3.8, 4) is 0 Å². The van der Waals surface area contributed by atoms with Crippen molar-refractivity contribution in [1.82, 2.24) is 4.90 Å². The van der Waals surface area contributed by atoms with Gasteiger partial charge in [0, 0.05) is 0 Å². The molecule has 1 atom stereocenters. The fraction of sp³-hybridized carbons (Fsp3) is 0.929. The quantitative estimate of drug-likeness (QED) is 0.483. The molecule has 1 fully saturated rings. The highest BCUT2D eigenvalue weighted by atomic mass is 16.5. The van der Waals surface area contributed by atoms with Gasteiger partial charge in [0.1, 0.15) is 6.04 Å². The van der Waals surface area contributed by atoms with Gasteiger partial charge in [-0.15, -0.1) is 0 Å². The maximum atomic E-state index is 11.5. The van der Waals surface area contributed by atoms with E-state index in [1.165, 1.54) is 45.6 Å². The molecule has 100 valence electrons. The monoisotopic (exact) mass is 241 g/mol. The molecular formula is C14H27NO2. The molecule has 0 radical (unpaired) electrons. The number of nitrogens with zero attached hydrogens (tertiary/aromatic N) is 1. The fourth-order valence-electron chi connectivity index (χ4n) is 2.59. The Morgan fingerprint density at radius 2 is 1.94 bits per heavy atom. The van der Waals surface area contributed by atoms with Gasteiger partial charge in [0.15, 0.2) is 0 Å². The summed E-state index contributed by atoms with van der Waals surface area (Å²) < 4.78 is 4.84. The van der Waals surface area contributed by atoms with E-state index >= 15 is 0 Å². The Morgan fingerprint density at radius 1 is 1.24 bits per heavy atom. The van der Waals surface area contributed by atoms with E-state index < -0.39 is 0 Å². The van der Waals surface area contributed by atoms with Crippen molar-refractivity contribution in [1.29, 1.82) is 0 Å². The summed E-state index contributed by atoms with van der Waals surface area (Å²) in [5, 5.41) is 0. The lowest BCUT2D eigenvalue weighted by atomic mass is 10.1. The van der Waals surface area contributed by atoms with Gasteiger partial charge in [-0.3, -0.25) is 9.69 Å². The van der Waals surface area contributed by atoms with Crippen LogP contribution in [-0.4, -0.2) is 37.1 Å². The first-order chi connectivity index (χ1) is 8.29. The van der Waals surface area contributed by atoms with Crippen molar-refractivity contribution in [3.05, 3.63) is 0 Å². The standard InChI is InChI=1S/C14H27NO2/c1-3-4-5-6-7-8-11-15-12-9-10-13(15)14(16)17-2/h13H,3-12H2,1-2H3. The number of ether oxygens (including phenoxy) is 1. The largest absolute Gasteiger partial charge is 0.468 e. The number of rotatable bonds is 8. The summed E-state index contributed by atoms with van der Waals surface area (Å²) in [6.07, 6.45) is 9.98. The Labute approximate surface area is 106 Å². The first kappa shape index (κ1) is 14.5. The minimum absolute atomic E-state index is 0.0376. The smallest absolute Gasteiger partial charge is 0.323 e. The number of methoxy groups -OCH3 is 1. The van der Waals surface area contributed by atoms with Crippen LogP contribution in [-0.2, 0) is 9.53 Å². The van der Waals surface area contributed by atoms with Crippen LogP contribution in [0.1, 0.15) is 58.3 Å². The Hall–Kier alpha value is -0.570. The van der Waals surface area contributed by atoms with Crippen LogP contribution in [0, 0.1) is 0 Å². The molecule has 1 unspecified atom stereocenters. The molecule has 1 saturated heterocycles. The third kappa shape index (κ3) is 5.07. The summed E-state index contributed by atoms with van der Waals surface area (Å²) >= 11 is 0. The topological polar surface area (TPSA) is 29.5 Å². The summed E-state index contributed by atoms with van der Waals surface area (Å²) in [6.45, 7) is 4.37. The van der Waals surface area contributed by atoms with E-state index in [1.54, 1.807) is 0 Å². The van der Waals surface area contributed by atoms with Crippen molar-refractivity contribution in [2.45, 2.75) is 64.3 Å². The number of hydrogen-bond donors (Lipinski definition) is 0. The Balaban J connectivity index is 2.11. The van der Waals surface area contributed by atoms with E-state index in [-0.39, 0.29) is 12.0 Å². The van der Waals surface area contributed by atoms with Crippen molar-refractivity contribution >= 4 is 5.97 Å². The number of unbranched alkanes of at least 4 members (excludes halogenated alkanes) is 5. The number of carbonyl (C=O) groups is 1. The second kappa shape index (κ2) is 8.51. The van der Waals surface area contributed by atoms with Gasteiger partial charge >= 0.3 is 5.97 Å². The zero-order valence-electron chi connectivity index (χ0n) is 11.4. The molecule has 1 heterocycles. The highest BCUT2D eigenvalue weighted by Gasteiger charge is 2.30. The SMILES string of the molecule is CCCCCCCCN1CCCC1C(=O)OC. The lowest BCUT2D eigenvalue weighted by Gasteiger charge is -2.22. The molecule has 0 aliphatic carbocycles. The minimum Gasteiger partial charge on any atom is -0.468 e. The van der Waals surface area contributed by atoms with E-state index in [9.17, 15) is 4.79 Å². The van der Waals surface area contributed by atoms with Crippen molar-refractivity contribution < 1.29 is 9.53 Å². The van der Waals surface area contributed by atoms with Gasteiger partial charge < -0.3 is 4.74 Å². The maximum absolute atomic E-state index is 11.5. The van der Waals surface area contributed by atoms with Crippen molar-refractivity contribution in [2.24, 2.45) is 0 Å². The minimum atomic E-state index is -0.0477. The first-order valence-electron chi connectivity index (χ1n) is 7.11. The molecule has 0 aromatic heterocycles. The fourth-order valence-corrected chi connectivity index (χ4v) is 2.59. The zero-order chi connectivity index (χ0) is 12.5. The van der Waals surface area contributed by atoms with E-state index in [0.717, 1.165) is 25.9 Å². The lowest BCUT2D eigenvalue weighted by molar-refractivity contribution is -0.145. The molecular weight excluding hydrogens is 214 g/mol. The van der Waals surface area contributed by atoms with E-state index in [4.69, 9.17) is 4.74 Å². The third-order valence-electron chi connectivity index (χ3n) is 3.64. The Kier molecular flexibility index (Phi) is 7.25. The predicted molar refractivity (Wildman–Crippen MR) is 70.0 cm³/mol. The molecule has 0 aromatic carbocycles. The van der Waals surface area contributed by atoms with Gasteiger partial charge in [0.05, 0.1) is 7.11 Å². The van der Waals surface area contributed by atoms with Crippen LogP contribution in [0.25, 0.3) is 0 Å². The van der Waals surface area contributed by atoms with Crippen molar-refractivity contribution in [3.63, 3.8) is 0 Å². The summed E-state index contributed by atoms with van der Waals surface area (Å²) in [6, 6.07) is 0.0376. The molecule has 3 heteroatoms. The van der Waals surface area contributed by atoms with Gasteiger partial charge in [0.2, 0.25) is 0 Å². The molecule has 1 aliphatic rings. The van der Waals surface area contributed by atoms with Gasteiger partial charge in [-0.05, 0) is 32.4 Å². The molecule has 0 saturated carbocycles. The second-order valence-corrected chi connectivity index (χ2v) is 4.98. The van der Waals surface area contributed by atoms with Crippen LogP contribution in [0.5, 0.6) is 0 Å². The van der Waals surface area contributed by atoms with Crippen LogP contribution in [0.4, 0.5) is 0 Å².